The number of hydrogen-bond acceptors (Lipinski definition) is 5. The number of carbonyl (C=O) groups excluding carboxylic acids is 1. The maximum Gasteiger partial charge on any atom is 0.258 e. The van der Waals surface area contributed by atoms with Crippen LogP contribution in [0.4, 0.5) is 0 Å². The summed E-state index contributed by atoms with van der Waals surface area (Å²) in [6.45, 7) is 0.937. The van der Waals surface area contributed by atoms with Crippen LogP contribution in [0.15, 0.2) is 18.2 Å². The SMILES string of the molecule is COc1ccc(O)c(C(=O)N2CCC(OC)CC2CN)c1. The van der Waals surface area contributed by atoms with Crippen LogP contribution in [0.5, 0.6) is 11.5 Å². The molecule has 1 aromatic rings. The van der Waals surface area contributed by atoms with Crippen molar-refractivity contribution in [2.75, 3.05) is 27.3 Å². The molecule has 0 radical (unpaired) electrons. The Balaban J connectivity index is 2.22. The normalized spacial score (nSPS) is 22.1. The number of phenolic OH excluding ortho intramolecular Hbond substituents is 1. The zero-order valence-electron chi connectivity index (χ0n) is 12.4. The molecule has 0 aliphatic carbocycles. The Kier molecular flexibility index (Phi) is 5.03. The quantitative estimate of drug-likeness (QED) is 0.864. The van der Waals surface area contributed by atoms with Gasteiger partial charge in [0.15, 0.2) is 0 Å². The van der Waals surface area contributed by atoms with Gasteiger partial charge in [-0.25, -0.2) is 0 Å². The Bertz CT molecular complexity index is 506. The fourth-order valence-corrected chi connectivity index (χ4v) is 2.69. The van der Waals surface area contributed by atoms with E-state index in [9.17, 15) is 9.90 Å². The van der Waals surface area contributed by atoms with Crippen LogP contribution in [0.25, 0.3) is 0 Å². The average molecular weight is 294 g/mol. The van der Waals surface area contributed by atoms with E-state index in [1.807, 2.05) is 0 Å². The van der Waals surface area contributed by atoms with Gasteiger partial charge in [-0.15, -0.1) is 0 Å². The molecule has 6 heteroatoms. The van der Waals surface area contributed by atoms with E-state index in [0.29, 0.717) is 25.3 Å². The molecular weight excluding hydrogens is 272 g/mol. The van der Waals surface area contributed by atoms with Crippen molar-refractivity contribution >= 4 is 5.91 Å². The van der Waals surface area contributed by atoms with Gasteiger partial charge in [-0.05, 0) is 31.0 Å². The third-order valence-electron chi connectivity index (χ3n) is 3.97. The largest absolute Gasteiger partial charge is 0.507 e. The van der Waals surface area contributed by atoms with Crippen LogP contribution in [-0.4, -0.2) is 55.4 Å². The highest BCUT2D eigenvalue weighted by molar-refractivity contribution is 5.97. The predicted octanol–water partition coefficient (Wildman–Crippen LogP) is 0.979. The van der Waals surface area contributed by atoms with Crippen molar-refractivity contribution in [3.8, 4) is 11.5 Å². The summed E-state index contributed by atoms with van der Waals surface area (Å²) in [7, 11) is 3.19. The number of nitrogens with zero attached hydrogens (tertiary/aromatic N) is 1. The van der Waals surface area contributed by atoms with Crippen LogP contribution in [0, 0.1) is 0 Å². The molecule has 116 valence electrons. The van der Waals surface area contributed by atoms with E-state index in [2.05, 4.69) is 0 Å². The molecule has 1 aromatic carbocycles. The van der Waals surface area contributed by atoms with Gasteiger partial charge in [0.2, 0.25) is 0 Å². The molecular formula is C15H22N2O4. The summed E-state index contributed by atoms with van der Waals surface area (Å²) in [6, 6.07) is 4.55. The van der Waals surface area contributed by atoms with E-state index < -0.39 is 0 Å². The molecule has 1 aliphatic rings. The molecule has 1 fully saturated rings. The molecule has 1 amide bonds. The lowest BCUT2D eigenvalue weighted by molar-refractivity contribution is 0.0137. The number of hydrogen-bond donors (Lipinski definition) is 2. The number of ether oxygens (including phenoxy) is 2. The number of methoxy groups -OCH3 is 2. The number of carbonyl (C=O) groups is 1. The first kappa shape index (κ1) is 15.6. The molecule has 1 heterocycles. The molecule has 3 N–H and O–H groups in total. The zero-order chi connectivity index (χ0) is 15.4. The second-order valence-electron chi connectivity index (χ2n) is 5.15. The molecule has 21 heavy (non-hydrogen) atoms. The third kappa shape index (κ3) is 3.28. The van der Waals surface area contributed by atoms with E-state index in [1.54, 1.807) is 24.1 Å². The minimum absolute atomic E-state index is 0.0505. The second-order valence-corrected chi connectivity index (χ2v) is 5.15. The Morgan fingerprint density at radius 1 is 1.48 bits per heavy atom. The molecule has 0 bridgehead atoms. The van der Waals surface area contributed by atoms with E-state index >= 15 is 0 Å². The summed E-state index contributed by atoms with van der Waals surface area (Å²) < 4.78 is 10.5. The number of benzene rings is 1. The van der Waals surface area contributed by atoms with E-state index in [-0.39, 0.29) is 29.4 Å². The second kappa shape index (κ2) is 6.78. The maximum atomic E-state index is 12.7. The summed E-state index contributed by atoms with van der Waals surface area (Å²) in [5.41, 5.74) is 6.02. The molecule has 0 spiro atoms. The maximum absolute atomic E-state index is 12.7. The highest BCUT2D eigenvalue weighted by Gasteiger charge is 2.32. The Morgan fingerprint density at radius 3 is 2.86 bits per heavy atom. The van der Waals surface area contributed by atoms with Gasteiger partial charge in [0.05, 0.1) is 18.8 Å². The molecule has 2 rings (SSSR count). The molecule has 6 nitrogen and oxygen atoms in total. The molecule has 2 atom stereocenters. The molecule has 1 aliphatic heterocycles. The monoisotopic (exact) mass is 294 g/mol. The van der Waals surface area contributed by atoms with Crippen molar-refractivity contribution in [3.05, 3.63) is 23.8 Å². The van der Waals surface area contributed by atoms with E-state index in [1.165, 1.54) is 13.2 Å². The molecule has 2 unspecified atom stereocenters. The minimum Gasteiger partial charge on any atom is -0.507 e. The summed E-state index contributed by atoms with van der Waals surface area (Å²) >= 11 is 0. The molecule has 1 saturated heterocycles. The van der Waals surface area contributed by atoms with Gasteiger partial charge < -0.3 is 25.2 Å². The number of phenols is 1. The zero-order valence-corrected chi connectivity index (χ0v) is 12.4. The summed E-state index contributed by atoms with van der Waals surface area (Å²) in [4.78, 5) is 14.4. The fourth-order valence-electron chi connectivity index (χ4n) is 2.69. The van der Waals surface area contributed by atoms with Gasteiger partial charge in [-0.1, -0.05) is 0 Å². The minimum atomic E-state index is -0.226. The van der Waals surface area contributed by atoms with Gasteiger partial charge in [-0.2, -0.15) is 0 Å². The number of nitrogens with two attached hydrogens (primary N) is 1. The summed E-state index contributed by atoms with van der Waals surface area (Å²) in [5.74, 6) is 0.258. The van der Waals surface area contributed by atoms with Gasteiger partial charge in [-0.3, -0.25) is 4.79 Å². The Hall–Kier alpha value is -1.79. The Morgan fingerprint density at radius 2 is 2.24 bits per heavy atom. The lowest BCUT2D eigenvalue weighted by Gasteiger charge is -2.38. The van der Waals surface area contributed by atoms with Crippen molar-refractivity contribution in [2.45, 2.75) is 25.0 Å². The summed E-state index contributed by atoms with van der Waals surface area (Å²) in [5, 5.41) is 9.93. The number of piperidine rings is 1. The number of aromatic hydroxyl groups is 1. The Labute approximate surface area is 124 Å². The average Bonchev–Trinajstić information content (AvgIpc) is 2.54. The third-order valence-corrected chi connectivity index (χ3v) is 3.97. The van der Waals surface area contributed by atoms with Gasteiger partial charge >= 0.3 is 0 Å². The van der Waals surface area contributed by atoms with Crippen LogP contribution in [0.1, 0.15) is 23.2 Å². The van der Waals surface area contributed by atoms with Gasteiger partial charge in [0.25, 0.3) is 5.91 Å². The predicted molar refractivity (Wildman–Crippen MR) is 78.6 cm³/mol. The van der Waals surface area contributed by atoms with Crippen molar-refractivity contribution < 1.29 is 19.4 Å². The lowest BCUT2D eigenvalue weighted by atomic mass is 9.98. The standard InChI is InChI=1S/C15H22N2O4/c1-20-11-3-4-14(18)13(8-11)15(19)17-6-5-12(21-2)7-10(17)9-16/h3-4,8,10,12,18H,5-7,9,16H2,1-2H3. The highest BCUT2D eigenvalue weighted by Crippen LogP contribution is 2.27. The summed E-state index contributed by atoms with van der Waals surface area (Å²) in [6.07, 6.45) is 1.61. The van der Waals surface area contributed by atoms with Gasteiger partial charge in [0.1, 0.15) is 11.5 Å². The lowest BCUT2D eigenvalue weighted by Crippen LogP contribution is -2.51. The molecule has 0 aromatic heterocycles. The van der Waals surface area contributed by atoms with Crippen LogP contribution < -0.4 is 10.5 Å². The molecule has 0 saturated carbocycles. The highest BCUT2D eigenvalue weighted by atomic mass is 16.5. The number of amides is 1. The van der Waals surface area contributed by atoms with Crippen molar-refractivity contribution in [3.63, 3.8) is 0 Å². The fraction of sp³-hybridized carbons (Fsp3) is 0.533. The van der Waals surface area contributed by atoms with Crippen molar-refractivity contribution in [1.29, 1.82) is 0 Å². The first-order valence-electron chi connectivity index (χ1n) is 7.01. The van der Waals surface area contributed by atoms with Crippen LogP contribution >= 0.6 is 0 Å². The smallest absolute Gasteiger partial charge is 0.258 e. The van der Waals surface area contributed by atoms with E-state index in [0.717, 1.165) is 6.42 Å². The number of likely N-dealkylation sites (tertiary alicyclic amines) is 1. The first-order valence-corrected chi connectivity index (χ1v) is 7.01. The van der Waals surface area contributed by atoms with Crippen molar-refractivity contribution in [1.82, 2.24) is 4.90 Å². The van der Waals surface area contributed by atoms with Gasteiger partial charge in [0, 0.05) is 26.2 Å². The van der Waals surface area contributed by atoms with Crippen LogP contribution in [0.2, 0.25) is 0 Å². The van der Waals surface area contributed by atoms with Crippen LogP contribution in [-0.2, 0) is 4.74 Å². The first-order chi connectivity index (χ1) is 10.1. The van der Waals surface area contributed by atoms with Crippen LogP contribution in [0.3, 0.4) is 0 Å². The number of rotatable bonds is 4. The van der Waals surface area contributed by atoms with E-state index in [4.69, 9.17) is 15.2 Å². The topological polar surface area (TPSA) is 85.0 Å². The van der Waals surface area contributed by atoms with Crippen molar-refractivity contribution in [2.24, 2.45) is 5.73 Å².